The Morgan fingerprint density at radius 1 is 0.900 bits per heavy atom. The second-order valence-corrected chi connectivity index (χ2v) is 3.33. The van der Waals surface area contributed by atoms with Gasteiger partial charge in [0.1, 0.15) is 5.57 Å². The van der Waals surface area contributed by atoms with Gasteiger partial charge < -0.3 is 4.74 Å². The topological polar surface area (TPSA) is 26.3 Å². The van der Waals surface area contributed by atoms with Crippen LogP contribution in [0.3, 0.4) is 0 Å². The highest BCUT2D eigenvalue weighted by Gasteiger charge is 2.73. The largest absolute Gasteiger partial charge is 0.460 e. The molecule has 0 aliphatic heterocycles. The van der Waals surface area contributed by atoms with Crippen LogP contribution in [0.1, 0.15) is 0 Å². The van der Waals surface area contributed by atoms with E-state index in [1.165, 1.54) is 0 Å². The number of alkyl halides is 10. The SMILES string of the molecule is C=C(C(=O)OCC(F)(F)C(F)(F)C(F)(F)F)C(F)(F)F. The van der Waals surface area contributed by atoms with Gasteiger partial charge in [0, 0.05) is 0 Å². The van der Waals surface area contributed by atoms with Gasteiger partial charge in [-0.2, -0.15) is 43.9 Å². The maximum Gasteiger partial charge on any atom is 0.460 e. The number of carbonyl (C=O) groups excluding carboxylic acids is 1. The average Bonchev–Trinajstić information content (AvgIpc) is 2.21. The number of halogens is 10. The molecule has 2 nitrogen and oxygen atoms in total. The van der Waals surface area contributed by atoms with Crippen molar-refractivity contribution in [3.8, 4) is 0 Å². The second kappa shape index (κ2) is 5.13. The highest BCUT2D eigenvalue weighted by atomic mass is 19.4. The fourth-order valence-electron chi connectivity index (χ4n) is 0.657. The van der Waals surface area contributed by atoms with Gasteiger partial charge in [-0.25, -0.2) is 4.79 Å². The van der Waals surface area contributed by atoms with E-state index in [2.05, 4.69) is 11.3 Å². The molecule has 0 spiro atoms. The minimum Gasteiger partial charge on any atom is -0.455 e. The van der Waals surface area contributed by atoms with Crippen LogP contribution in [0.25, 0.3) is 0 Å². The summed E-state index contributed by atoms with van der Waals surface area (Å²) in [5.41, 5.74) is -2.33. The molecule has 0 heterocycles. The van der Waals surface area contributed by atoms with Crippen LogP contribution in [-0.4, -0.2) is 36.8 Å². The first-order valence-electron chi connectivity index (χ1n) is 4.29. The van der Waals surface area contributed by atoms with E-state index in [4.69, 9.17) is 0 Å². The number of hydrogen-bond donors (Lipinski definition) is 0. The standard InChI is InChI=1S/C8H4F10O2/c1-3(6(11,12)13)4(19)20-2-5(9,10)7(14,15)8(16,17)18/h1-2H2. The summed E-state index contributed by atoms with van der Waals surface area (Å²) in [6.45, 7) is -0.812. The van der Waals surface area contributed by atoms with Gasteiger partial charge in [0.25, 0.3) is 0 Å². The summed E-state index contributed by atoms with van der Waals surface area (Å²) >= 11 is 0. The monoisotopic (exact) mass is 322 g/mol. The molecule has 0 amide bonds. The third-order valence-electron chi connectivity index (χ3n) is 1.79. The van der Waals surface area contributed by atoms with E-state index in [1.54, 1.807) is 0 Å². The van der Waals surface area contributed by atoms with Crippen LogP contribution in [0.15, 0.2) is 12.2 Å². The Hall–Kier alpha value is -1.49. The highest BCUT2D eigenvalue weighted by molar-refractivity contribution is 5.89. The van der Waals surface area contributed by atoms with E-state index in [-0.39, 0.29) is 0 Å². The minimum absolute atomic E-state index is 2.08. The Morgan fingerprint density at radius 2 is 1.30 bits per heavy atom. The van der Waals surface area contributed by atoms with Crippen LogP contribution in [0.5, 0.6) is 0 Å². The first-order chi connectivity index (χ1) is 8.54. The summed E-state index contributed by atoms with van der Waals surface area (Å²) in [6, 6.07) is 0. The molecular formula is C8H4F10O2. The third kappa shape index (κ3) is 3.76. The molecule has 12 heteroatoms. The highest BCUT2D eigenvalue weighted by Crippen LogP contribution is 2.46. The quantitative estimate of drug-likeness (QED) is 0.450. The van der Waals surface area contributed by atoms with Crippen LogP contribution in [-0.2, 0) is 9.53 Å². The Balaban J connectivity index is 4.91. The Morgan fingerprint density at radius 3 is 1.60 bits per heavy atom. The van der Waals surface area contributed by atoms with Gasteiger partial charge in [0.15, 0.2) is 6.61 Å². The molecule has 0 N–H and O–H groups in total. The molecule has 0 rings (SSSR count). The maximum absolute atomic E-state index is 12.6. The third-order valence-corrected chi connectivity index (χ3v) is 1.79. The summed E-state index contributed by atoms with van der Waals surface area (Å²) in [6.07, 6.45) is -12.1. The Labute approximate surface area is 104 Å². The van der Waals surface area contributed by atoms with Gasteiger partial charge >= 0.3 is 30.2 Å². The van der Waals surface area contributed by atoms with Crippen molar-refractivity contribution in [3.05, 3.63) is 12.2 Å². The zero-order chi connectivity index (χ0) is 16.6. The van der Waals surface area contributed by atoms with Crippen molar-refractivity contribution in [2.75, 3.05) is 6.61 Å². The van der Waals surface area contributed by atoms with Gasteiger partial charge in [-0.3, -0.25) is 0 Å². The Kier molecular flexibility index (Phi) is 4.75. The molecule has 0 aliphatic carbocycles. The number of rotatable bonds is 4. The number of ether oxygens (including phenoxy) is 1. The van der Waals surface area contributed by atoms with Crippen LogP contribution in [0, 0.1) is 0 Å². The molecule has 0 unspecified atom stereocenters. The van der Waals surface area contributed by atoms with Gasteiger partial charge in [0.2, 0.25) is 0 Å². The molecule has 0 fully saturated rings. The lowest BCUT2D eigenvalue weighted by atomic mass is 10.2. The lowest BCUT2D eigenvalue weighted by Crippen LogP contribution is -2.54. The average molecular weight is 322 g/mol. The van der Waals surface area contributed by atoms with Crippen molar-refractivity contribution >= 4 is 5.97 Å². The molecule has 0 aromatic carbocycles. The van der Waals surface area contributed by atoms with Crippen LogP contribution in [0.4, 0.5) is 43.9 Å². The minimum atomic E-state index is -6.68. The van der Waals surface area contributed by atoms with Crippen molar-refractivity contribution in [1.29, 1.82) is 0 Å². The molecule has 0 radical (unpaired) electrons. The second-order valence-electron chi connectivity index (χ2n) is 3.33. The molecule has 0 aromatic heterocycles. The van der Waals surface area contributed by atoms with Crippen LogP contribution < -0.4 is 0 Å². The zero-order valence-corrected chi connectivity index (χ0v) is 9.01. The van der Waals surface area contributed by atoms with Gasteiger partial charge in [0.05, 0.1) is 0 Å². The van der Waals surface area contributed by atoms with Crippen molar-refractivity contribution in [3.63, 3.8) is 0 Å². The van der Waals surface area contributed by atoms with Gasteiger partial charge in [-0.1, -0.05) is 6.58 Å². The van der Waals surface area contributed by atoms with Crippen molar-refractivity contribution < 1.29 is 53.4 Å². The smallest absolute Gasteiger partial charge is 0.455 e. The molecule has 0 atom stereocenters. The number of hydrogen-bond acceptors (Lipinski definition) is 2. The van der Waals surface area contributed by atoms with Crippen LogP contribution >= 0.6 is 0 Å². The molecule has 118 valence electrons. The summed E-state index contributed by atoms with van der Waals surface area (Å²) in [5.74, 6) is -15.1. The van der Waals surface area contributed by atoms with E-state index >= 15 is 0 Å². The molecule has 20 heavy (non-hydrogen) atoms. The molecule has 0 bridgehead atoms. The number of carbonyl (C=O) groups is 1. The molecule has 0 aliphatic rings. The number of esters is 1. The van der Waals surface area contributed by atoms with Gasteiger partial charge in [-0.15, -0.1) is 0 Å². The van der Waals surface area contributed by atoms with Crippen molar-refractivity contribution in [2.45, 2.75) is 24.2 Å². The summed E-state index contributed by atoms with van der Waals surface area (Å²) in [7, 11) is 0. The van der Waals surface area contributed by atoms with E-state index in [9.17, 15) is 48.7 Å². The van der Waals surface area contributed by atoms with Crippen molar-refractivity contribution in [2.24, 2.45) is 0 Å². The van der Waals surface area contributed by atoms with Gasteiger partial charge in [-0.05, 0) is 0 Å². The normalized spacial score (nSPS) is 14.1. The fraction of sp³-hybridized carbons (Fsp3) is 0.625. The molecular weight excluding hydrogens is 318 g/mol. The molecule has 0 saturated heterocycles. The molecule has 0 aromatic rings. The van der Waals surface area contributed by atoms with E-state index in [0.29, 0.717) is 0 Å². The predicted molar refractivity (Wildman–Crippen MR) is 42.1 cm³/mol. The Bertz CT molecular complexity index is 391. The van der Waals surface area contributed by atoms with Crippen molar-refractivity contribution in [1.82, 2.24) is 0 Å². The van der Waals surface area contributed by atoms with E-state index in [0.717, 1.165) is 0 Å². The summed E-state index contributed by atoms with van der Waals surface area (Å²) in [5, 5.41) is 0. The zero-order valence-electron chi connectivity index (χ0n) is 9.01. The first-order valence-corrected chi connectivity index (χ1v) is 4.29. The maximum atomic E-state index is 12.6. The fourth-order valence-corrected chi connectivity index (χ4v) is 0.657. The lowest BCUT2D eigenvalue weighted by molar-refractivity contribution is -0.359. The first kappa shape index (κ1) is 18.5. The lowest BCUT2D eigenvalue weighted by Gasteiger charge is -2.27. The predicted octanol–water partition coefficient (Wildman–Crippen LogP) is 3.48. The molecule has 0 saturated carbocycles. The van der Waals surface area contributed by atoms with Crippen LogP contribution in [0.2, 0.25) is 0 Å². The van der Waals surface area contributed by atoms with E-state index in [1.807, 2.05) is 0 Å². The van der Waals surface area contributed by atoms with E-state index < -0.39 is 42.3 Å². The summed E-state index contributed by atoms with van der Waals surface area (Å²) in [4.78, 5) is 10.5. The summed E-state index contributed by atoms with van der Waals surface area (Å²) < 4.78 is 123.